The summed E-state index contributed by atoms with van der Waals surface area (Å²) in [6.07, 6.45) is 0.370. The number of thiocarbonyl (C=S) groups is 1. The van der Waals surface area contributed by atoms with Crippen LogP contribution in [0.15, 0.2) is 18.2 Å². The van der Waals surface area contributed by atoms with Gasteiger partial charge in [0.25, 0.3) is 0 Å². The number of ether oxygens (including phenoxy) is 1. The minimum absolute atomic E-state index is 0.00657. The standard InChI is InChI=1S/C11H15FN2O3S2/c1-17-5-2-6-19(15,16)14-8-3-4-10(12)9(7-8)11(13)18/h3-4,7,14H,2,5-6H2,1H3,(H2,13,18). The molecule has 0 saturated carbocycles. The first-order valence-electron chi connectivity index (χ1n) is 5.44. The number of benzene rings is 1. The van der Waals surface area contributed by atoms with Gasteiger partial charge in [-0.05, 0) is 24.6 Å². The summed E-state index contributed by atoms with van der Waals surface area (Å²) in [6, 6.07) is 3.69. The van der Waals surface area contributed by atoms with Gasteiger partial charge < -0.3 is 10.5 Å². The van der Waals surface area contributed by atoms with Crippen molar-refractivity contribution in [3.8, 4) is 0 Å². The normalized spacial score (nSPS) is 11.3. The minimum Gasteiger partial charge on any atom is -0.389 e. The van der Waals surface area contributed by atoms with E-state index in [1.54, 1.807) is 0 Å². The number of nitrogens with two attached hydrogens (primary N) is 1. The highest BCUT2D eigenvalue weighted by Crippen LogP contribution is 2.16. The molecule has 106 valence electrons. The van der Waals surface area contributed by atoms with Crippen LogP contribution < -0.4 is 10.5 Å². The quantitative estimate of drug-likeness (QED) is 0.585. The molecule has 0 aliphatic heterocycles. The molecule has 19 heavy (non-hydrogen) atoms. The molecule has 1 rings (SSSR count). The second kappa shape index (κ2) is 6.78. The zero-order valence-corrected chi connectivity index (χ0v) is 12.0. The van der Waals surface area contributed by atoms with E-state index in [0.29, 0.717) is 13.0 Å². The number of hydrogen-bond acceptors (Lipinski definition) is 4. The van der Waals surface area contributed by atoms with Crippen molar-refractivity contribution in [3.05, 3.63) is 29.6 Å². The number of nitrogens with one attached hydrogen (secondary N) is 1. The largest absolute Gasteiger partial charge is 0.389 e. The van der Waals surface area contributed by atoms with Crippen molar-refractivity contribution in [1.82, 2.24) is 0 Å². The number of halogens is 1. The lowest BCUT2D eigenvalue weighted by atomic mass is 10.2. The van der Waals surface area contributed by atoms with Gasteiger partial charge >= 0.3 is 0 Å². The van der Waals surface area contributed by atoms with E-state index in [1.165, 1.54) is 19.2 Å². The average Bonchev–Trinajstić information content (AvgIpc) is 2.31. The van der Waals surface area contributed by atoms with E-state index < -0.39 is 15.8 Å². The fraction of sp³-hybridized carbons (Fsp3) is 0.364. The summed E-state index contributed by atoms with van der Waals surface area (Å²) in [7, 11) is -2.00. The van der Waals surface area contributed by atoms with Gasteiger partial charge in [-0.3, -0.25) is 4.72 Å². The van der Waals surface area contributed by atoms with Crippen molar-refractivity contribution in [2.75, 3.05) is 24.2 Å². The number of anilines is 1. The van der Waals surface area contributed by atoms with Crippen LogP contribution in [0.1, 0.15) is 12.0 Å². The molecule has 0 saturated heterocycles. The highest BCUT2D eigenvalue weighted by atomic mass is 32.2. The number of sulfonamides is 1. The Morgan fingerprint density at radius 1 is 1.53 bits per heavy atom. The molecule has 0 aromatic heterocycles. The Kier molecular flexibility index (Phi) is 5.64. The van der Waals surface area contributed by atoms with E-state index in [9.17, 15) is 12.8 Å². The van der Waals surface area contributed by atoms with Crippen molar-refractivity contribution in [3.63, 3.8) is 0 Å². The molecule has 0 heterocycles. The molecule has 1 aromatic carbocycles. The molecule has 3 N–H and O–H groups in total. The van der Waals surface area contributed by atoms with Crippen molar-refractivity contribution >= 4 is 32.9 Å². The molecule has 0 aliphatic rings. The summed E-state index contributed by atoms with van der Waals surface area (Å²) in [5, 5.41) is 0. The van der Waals surface area contributed by atoms with Gasteiger partial charge in [0, 0.05) is 25.0 Å². The van der Waals surface area contributed by atoms with E-state index >= 15 is 0 Å². The second-order valence-electron chi connectivity index (χ2n) is 3.83. The maximum Gasteiger partial charge on any atom is 0.232 e. The summed E-state index contributed by atoms with van der Waals surface area (Å²) < 4.78 is 43.9. The van der Waals surface area contributed by atoms with E-state index in [-0.39, 0.29) is 22.0 Å². The fourth-order valence-electron chi connectivity index (χ4n) is 1.40. The topological polar surface area (TPSA) is 81.4 Å². The monoisotopic (exact) mass is 306 g/mol. The zero-order chi connectivity index (χ0) is 14.5. The Morgan fingerprint density at radius 2 is 2.21 bits per heavy atom. The fourth-order valence-corrected chi connectivity index (χ4v) is 2.64. The third-order valence-electron chi connectivity index (χ3n) is 2.27. The van der Waals surface area contributed by atoms with Crippen LogP contribution in [0.25, 0.3) is 0 Å². The Balaban J connectivity index is 2.82. The van der Waals surface area contributed by atoms with Crippen LogP contribution in [-0.2, 0) is 14.8 Å². The van der Waals surface area contributed by atoms with Crippen LogP contribution in [0.3, 0.4) is 0 Å². The lowest BCUT2D eigenvalue weighted by Crippen LogP contribution is -2.19. The highest BCUT2D eigenvalue weighted by molar-refractivity contribution is 7.92. The molecule has 0 atom stereocenters. The van der Waals surface area contributed by atoms with Crippen molar-refractivity contribution in [2.45, 2.75) is 6.42 Å². The molecule has 5 nitrogen and oxygen atoms in total. The Hall–Kier alpha value is -1.25. The maximum absolute atomic E-state index is 13.3. The first-order chi connectivity index (χ1) is 8.85. The van der Waals surface area contributed by atoms with E-state index in [4.69, 9.17) is 10.5 Å². The van der Waals surface area contributed by atoms with Crippen molar-refractivity contribution in [1.29, 1.82) is 0 Å². The molecular formula is C11H15FN2O3S2. The molecule has 0 unspecified atom stereocenters. The van der Waals surface area contributed by atoms with Gasteiger partial charge in [-0.2, -0.15) is 0 Å². The summed E-state index contributed by atoms with van der Waals surface area (Å²) in [5.41, 5.74) is 5.57. The van der Waals surface area contributed by atoms with Gasteiger partial charge in [0.1, 0.15) is 10.8 Å². The maximum atomic E-state index is 13.3. The summed E-state index contributed by atoms with van der Waals surface area (Å²) in [5.74, 6) is -0.671. The Morgan fingerprint density at radius 3 is 2.79 bits per heavy atom. The number of methoxy groups -OCH3 is 1. The average molecular weight is 306 g/mol. The molecular weight excluding hydrogens is 291 g/mol. The van der Waals surface area contributed by atoms with E-state index in [0.717, 1.165) is 6.07 Å². The van der Waals surface area contributed by atoms with Crippen LogP contribution in [0.2, 0.25) is 0 Å². The van der Waals surface area contributed by atoms with E-state index in [2.05, 4.69) is 16.9 Å². The molecule has 0 aliphatic carbocycles. The second-order valence-corrected chi connectivity index (χ2v) is 6.11. The molecule has 8 heteroatoms. The first kappa shape index (κ1) is 15.8. The zero-order valence-electron chi connectivity index (χ0n) is 10.3. The first-order valence-corrected chi connectivity index (χ1v) is 7.50. The highest BCUT2D eigenvalue weighted by Gasteiger charge is 2.12. The van der Waals surface area contributed by atoms with E-state index in [1.807, 2.05) is 0 Å². The van der Waals surface area contributed by atoms with Crippen LogP contribution in [0.5, 0.6) is 0 Å². The predicted molar refractivity (Wildman–Crippen MR) is 76.2 cm³/mol. The van der Waals surface area contributed by atoms with Crippen LogP contribution in [0.4, 0.5) is 10.1 Å². The Bertz CT molecular complexity index is 561. The summed E-state index contributed by atoms with van der Waals surface area (Å²) >= 11 is 4.68. The minimum atomic E-state index is -3.50. The van der Waals surface area contributed by atoms with Crippen LogP contribution in [-0.4, -0.2) is 32.9 Å². The smallest absolute Gasteiger partial charge is 0.232 e. The lowest BCUT2D eigenvalue weighted by molar-refractivity contribution is 0.199. The van der Waals surface area contributed by atoms with Gasteiger partial charge in [-0.25, -0.2) is 12.8 Å². The Labute approximate surface area is 117 Å². The van der Waals surface area contributed by atoms with Crippen molar-refractivity contribution < 1.29 is 17.5 Å². The van der Waals surface area contributed by atoms with Gasteiger partial charge in [0.15, 0.2) is 0 Å². The van der Waals surface area contributed by atoms with Gasteiger partial charge in [-0.15, -0.1) is 0 Å². The van der Waals surface area contributed by atoms with Gasteiger partial charge in [0.05, 0.1) is 5.75 Å². The number of hydrogen-bond donors (Lipinski definition) is 2. The molecule has 0 bridgehead atoms. The predicted octanol–water partition coefficient (Wildman–Crippen LogP) is 1.24. The van der Waals surface area contributed by atoms with Gasteiger partial charge in [-0.1, -0.05) is 12.2 Å². The van der Waals surface area contributed by atoms with Crippen LogP contribution >= 0.6 is 12.2 Å². The molecule has 1 aromatic rings. The lowest BCUT2D eigenvalue weighted by Gasteiger charge is -2.09. The molecule has 0 radical (unpaired) electrons. The molecule has 0 amide bonds. The summed E-state index contributed by atoms with van der Waals surface area (Å²) in [6.45, 7) is 0.350. The molecule has 0 fully saturated rings. The van der Waals surface area contributed by atoms with Crippen LogP contribution in [0, 0.1) is 5.82 Å². The third kappa shape index (κ3) is 5.09. The number of rotatable bonds is 7. The third-order valence-corrected chi connectivity index (χ3v) is 3.86. The SMILES string of the molecule is COCCCS(=O)(=O)Nc1ccc(F)c(C(N)=S)c1. The van der Waals surface area contributed by atoms with Gasteiger partial charge in [0.2, 0.25) is 10.0 Å². The molecule has 0 spiro atoms. The summed E-state index contributed by atoms with van der Waals surface area (Å²) in [4.78, 5) is -0.127. The van der Waals surface area contributed by atoms with Crippen molar-refractivity contribution in [2.24, 2.45) is 5.73 Å².